The number of hydrazine groups is 1. The highest BCUT2D eigenvalue weighted by Gasteiger charge is 2.16. The zero-order valence-electron chi connectivity index (χ0n) is 8.74. The Morgan fingerprint density at radius 1 is 1.62 bits per heavy atom. The third-order valence-electron chi connectivity index (χ3n) is 2.38. The van der Waals surface area contributed by atoms with Crippen molar-refractivity contribution in [3.63, 3.8) is 0 Å². The summed E-state index contributed by atoms with van der Waals surface area (Å²) in [5.74, 6) is 5.85. The van der Waals surface area contributed by atoms with Crippen molar-refractivity contribution in [1.29, 1.82) is 5.26 Å². The monoisotopic (exact) mass is 235 g/mol. The van der Waals surface area contributed by atoms with Crippen LogP contribution in [0.2, 0.25) is 0 Å². The number of nitrogen functional groups attached to an aromatic ring is 1. The van der Waals surface area contributed by atoms with E-state index < -0.39 is 0 Å². The number of rotatable bonds is 1. The van der Waals surface area contributed by atoms with Crippen molar-refractivity contribution in [2.24, 2.45) is 12.9 Å². The number of hydrogen-bond donors (Lipinski definition) is 2. The lowest BCUT2D eigenvalue weighted by Crippen LogP contribution is -2.19. The molecule has 0 fully saturated rings. The van der Waals surface area contributed by atoms with E-state index in [1.807, 2.05) is 6.07 Å². The molecule has 0 aliphatic heterocycles. The average molecular weight is 235 g/mol. The maximum Gasteiger partial charge on any atom is 0.271 e. The van der Waals surface area contributed by atoms with Crippen molar-refractivity contribution >= 4 is 26.6 Å². The van der Waals surface area contributed by atoms with Gasteiger partial charge in [0.05, 0.1) is 0 Å². The minimum Gasteiger partial charge on any atom is -0.314 e. The fourth-order valence-electron chi connectivity index (χ4n) is 1.42. The van der Waals surface area contributed by atoms with Crippen LogP contribution in [0.15, 0.2) is 4.79 Å². The van der Waals surface area contributed by atoms with Crippen LogP contribution in [0.25, 0.3) is 10.2 Å². The molecule has 2 heterocycles. The van der Waals surface area contributed by atoms with Gasteiger partial charge in [-0.05, 0) is 6.92 Å². The molecule has 2 aromatic heterocycles. The summed E-state index contributed by atoms with van der Waals surface area (Å²) >= 11 is 1.14. The SMILES string of the molecule is Cc1nc2c(C#N)c(NN)sc2c(=O)n1C. The average Bonchev–Trinajstić information content (AvgIpc) is 2.63. The van der Waals surface area contributed by atoms with E-state index >= 15 is 0 Å². The molecule has 16 heavy (non-hydrogen) atoms. The summed E-state index contributed by atoms with van der Waals surface area (Å²) in [6.45, 7) is 1.72. The highest BCUT2D eigenvalue weighted by molar-refractivity contribution is 7.23. The van der Waals surface area contributed by atoms with Gasteiger partial charge in [0.25, 0.3) is 5.56 Å². The molecule has 6 nitrogen and oxygen atoms in total. The first-order chi connectivity index (χ1) is 7.60. The van der Waals surface area contributed by atoms with Crippen molar-refractivity contribution in [1.82, 2.24) is 9.55 Å². The first-order valence-electron chi connectivity index (χ1n) is 4.47. The predicted molar refractivity (Wildman–Crippen MR) is 62.1 cm³/mol. The maximum absolute atomic E-state index is 11.9. The number of nitriles is 1. The van der Waals surface area contributed by atoms with E-state index in [4.69, 9.17) is 11.1 Å². The number of aryl methyl sites for hydroxylation is 1. The number of anilines is 1. The zero-order valence-corrected chi connectivity index (χ0v) is 9.55. The quantitative estimate of drug-likeness (QED) is 0.553. The minimum atomic E-state index is -0.162. The third-order valence-corrected chi connectivity index (χ3v) is 3.48. The second-order valence-corrected chi connectivity index (χ2v) is 4.28. The van der Waals surface area contributed by atoms with Gasteiger partial charge in [0, 0.05) is 7.05 Å². The maximum atomic E-state index is 11.9. The van der Waals surface area contributed by atoms with Gasteiger partial charge in [-0.2, -0.15) is 5.26 Å². The van der Waals surface area contributed by atoms with Crippen LogP contribution < -0.4 is 16.8 Å². The topological polar surface area (TPSA) is 96.7 Å². The molecular weight excluding hydrogens is 226 g/mol. The van der Waals surface area contributed by atoms with Crippen LogP contribution in [-0.2, 0) is 7.05 Å². The number of fused-ring (bicyclic) bond motifs is 1. The van der Waals surface area contributed by atoms with Gasteiger partial charge in [-0.1, -0.05) is 0 Å². The lowest BCUT2D eigenvalue weighted by Gasteiger charge is -2.01. The molecular formula is C9H9N5OS. The van der Waals surface area contributed by atoms with Crippen molar-refractivity contribution in [2.45, 2.75) is 6.92 Å². The summed E-state index contributed by atoms with van der Waals surface area (Å²) in [4.78, 5) is 16.1. The van der Waals surface area contributed by atoms with Crippen LogP contribution in [0.5, 0.6) is 0 Å². The van der Waals surface area contributed by atoms with Crippen molar-refractivity contribution in [2.75, 3.05) is 5.43 Å². The minimum absolute atomic E-state index is 0.162. The van der Waals surface area contributed by atoms with Gasteiger partial charge in [-0.3, -0.25) is 9.36 Å². The number of aromatic nitrogens is 2. The van der Waals surface area contributed by atoms with E-state index in [1.165, 1.54) is 4.57 Å². The highest BCUT2D eigenvalue weighted by atomic mass is 32.1. The molecule has 0 unspecified atom stereocenters. The largest absolute Gasteiger partial charge is 0.314 e. The Morgan fingerprint density at radius 3 is 2.88 bits per heavy atom. The zero-order chi connectivity index (χ0) is 11.9. The van der Waals surface area contributed by atoms with E-state index in [-0.39, 0.29) is 5.56 Å². The summed E-state index contributed by atoms with van der Waals surface area (Å²) in [5.41, 5.74) is 2.99. The smallest absolute Gasteiger partial charge is 0.271 e. The summed E-state index contributed by atoms with van der Waals surface area (Å²) in [7, 11) is 1.64. The summed E-state index contributed by atoms with van der Waals surface area (Å²) in [6, 6.07) is 2.00. The molecule has 0 atom stereocenters. The van der Waals surface area contributed by atoms with Crippen LogP contribution in [0.1, 0.15) is 11.4 Å². The van der Waals surface area contributed by atoms with Crippen LogP contribution in [0.3, 0.4) is 0 Å². The Morgan fingerprint density at radius 2 is 2.31 bits per heavy atom. The molecule has 0 saturated heterocycles. The van der Waals surface area contributed by atoms with E-state index in [2.05, 4.69) is 10.4 Å². The van der Waals surface area contributed by atoms with Crippen LogP contribution >= 0.6 is 11.3 Å². The summed E-state index contributed by atoms with van der Waals surface area (Å²) < 4.78 is 1.89. The summed E-state index contributed by atoms with van der Waals surface area (Å²) in [6.07, 6.45) is 0. The number of nitrogens with one attached hydrogen (secondary N) is 1. The van der Waals surface area contributed by atoms with E-state index in [0.717, 1.165) is 11.3 Å². The van der Waals surface area contributed by atoms with Gasteiger partial charge in [0.1, 0.15) is 32.7 Å². The predicted octanol–water partition coefficient (Wildman–Crippen LogP) is 0.461. The van der Waals surface area contributed by atoms with Gasteiger partial charge < -0.3 is 5.43 Å². The second kappa shape index (κ2) is 3.59. The van der Waals surface area contributed by atoms with Crippen molar-refractivity contribution < 1.29 is 0 Å². The molecule has 2 rings (SSSR count). The molecule has 0 spiro atoms. The fourth-order valence-corrected chi connectivity index (χ4v) is 2.39. The number of nitrogens with two attached hydrogens (primary N) is 1. The molecule has 7 heteroatoms. The Balaban J connectivity index is 3.01. The molecule has 0 aromatic carbocycles. The van der Waals surface area contributed by atoms with E-state index in [0.29, 0.717) is 26.6 Å². The Labute approximate surface area is 94.9 Å². The van der Waals surface area contributed by atoms with Crippen LogP contribution in [-0.4, -0.2) is 9.55 Å². The Bertz CT molecular complexity index is 663. The van der Waals surface area contributed by atoms with Crippen LogP contribution in [0.4, 0.5) is 5.00 Å². The molecule has 0 aliphatic rings. The molecule has 0 radical (unpaired) electrons. The lowest BCUT2D eigenvalue weighted by atomic mass is 10.3. The van der Waals surface area contributed by atoms with Gasteiger partial charge in [0.2, 0.25) is 0 Å². The summed E-state index contributed by atoms with van der Waals surface area (Å²) in [5, 5.41) is 9.47. The Hall–Kier alpha value is -1.91. The van der Waals surface area contributed by atoms with E-state index in [9.17, 15) is 4.79 Å². The second-order valence-electron chi connectivity index (χ2n) is 3.26. The van der Waals surface area contributed by atoms with Gasteiger partial charge in [-0.15, -0.1) is 11.3 Å². The molecule has 3 N–H and O–H groups in total. The van der Waals surface area contributed by atoms with Crippen molar-refractivity contribution in [3.05, 3.63) is 21.7 Å². The molecule has 0 amide bonds. The molecule has 0 bridgehead atoms. The van der Waals surface area contributed by atoms with E-state index in [1.54, 1.807) is 14.0 Å². The first-order valence-corrected chi connectivity index (χ1v) is 5.28. The van der Waals surface area contributed by atoms with Gasteiger partial charge in [-0.25, -0.2) is 10.8 Å². The normalized spacial score (nSPS) is 10.4. The fraction of sp³-hybridized carbons (Fsp3) is 0.222. The van der Waals surface area contributed by atoms with Gasteiger partial charge >= 0.3 is 0 Å². The standard InChI is InChI=1S/C9H9N5OS/c1-4-12-6-5(3-10)8(13-11)16-7(6)9(15)14(4)2/h13H,11H2,1-2H3. The third kappa shape index (κ3) is 1.28. The first kappa shape index (κ1) is 10.6. The number of thiophene rings is 1. The molecule has 82 valence electrons. The Kier molecular flexibility index (Phi) is 2.38. The van der Waals surface area contributed by atoms with Crippen LogP contribution in [0, 0.1) is 18.3 Å². The lowest BCUT2D eigenvalue weighted by molar-refractivity contribution is 0.794. The molecule has 0 aliphatic carbocycles. The molecule has 0 saturated carbocycles. The molecule has 2 aromatic rings. The number of hydrogen-bond acceptors (Lipinski definition) is 6. The van der Waals surface area contributed by atoms with Gasteiger partial charge in [0.15, 0.2) is 0 Å². The van der Waals surface area contributed by atoms with Crippen molar-refractivity contribution in [3.8, 4) is 6.07 Å². The highest BCUT2D eigenvalue weighted by Crippen LogP contribution is 2.31. The number of nitrogens with zero attached hydrogens (tertiary/aromatic N) is 3.